The Balaban J connectivity index is 2.96. The largest absolute Gasteiger partial charge is 0.461 e. The van der Waals surface area contributed by atoms with Crippen molar-refractivity contribution in [3.8, 4) is 11.5 Å². The van der Waals surface area contributed by atoms with Gasteiger partial charge in [0.15, 0.2) is 11.5 Å². The second-order valence-corrected chi connectivity index (χ2v) is 10.9. The van der Waals surface area contributed by atoms with Crippen LogP contribution in [0.3, 0.4) is 0 Å². The zero-order valence-electron chi connectivity index (χ0n) is 22.2. The first kappa shape index (κ1) is 30.1. The van der Waals surface area contributed by atoms with Crippen LogP contribution in [0.25, 0.3) is 0 Å². The van der Waals surface area contributed by atoms with E-state index in [1.54, 1.807) is 68.4 Å². The first-order chi connectivity index (χ1) is 15.9. The van der Waals surface area contributed by atoms with Crippen LogP contribution in [0.1, 0.15) is 67.9 Å². The normalized spacial score (nSPS) is 13.6. The van der Waals surface area contributed by atoms with Gasteiger partial charge in [-0.05, 0) is 72.6 Å². The number of carbonyl (C=O) groups is 4. The van der Waals surface area contributed by atoms with Gasteiger partial charge in [-0.15, -0.1) is 0 Å². The zero-order valence-corrected chi connectivity index (χ0v) is 22.2. The van der Waals surface area contributed by atoms with Crippen LogP contribution >= 0.6 is 0 Å². The smallest absolute Gasteiger partial charge is 0.323 e. The molecule has 0 radical (unpaired) electrons. The van der Waals surface area contributed by atoms with E-state index in [0.717, 1.165) is 0 Å². The highest BCUT2D eigenvalue weighted by Gasteiger charge is 2.29. The summed E-state index contributed by atoms with van der Waals surface area (Å²) in [6, 6.07) is 3.61. The lowest BCUT2D eigenvalue weighted by molar-refractivity contribution is -0.161. The number of benzene rings is 1. The molecule has 2 atom stereocenters. The van der Waals surface area contributed by atoms with Gasteiger partial charge in [0.1, 0.15) is 18.8 Å². The molecule has 0 heterocycles. The third-order valence-electron chi connectivity index (χ3n) is 4.65. The summed E-state index contributed by atoms with van der Waals surface area (Å²) in [4.78, 5) is 48.8. The number of hydrogen-bond acceptors (Lipinski definition) is 9. The molecule has 196 valence electrons. The lowest BCUT2D eigenvalue weighted by Gasteiger charge is -2.21. The maximum absolute atomic E-state index is 12.5. The van der Waals surface area contributed by atoms with Crippen LogP contribution in [0.4, 0.5) is 0 Å². The van der Waals surface area contributed by atoms with E-state index in [2.05, 4.69) is 0 Å². The van der Waals surface area contributed by atoms with Crippen molar-refractivity contribution < 1.29 is 38.1 Å². The molecule has 0 bridgehead atoms. The van der Waals surface area contributed by atoms with Gasteiger partial charge in [-0.1, -0.05) is 19.9 Å². The number of rotatable bonds is 9. The van der Waals surface area contributed by atoms with Crippen molar-refractivity contribution in [2.45, 2.75) is 80.9 Å². The number of hydrogen-bond donors (Lipinski definition) is 1. The van der Waals surface area contributed by atoms with Gasteiger partial charge in [-0.3, -0.25) is 19.2 Å². The van der Waals surface area contributed by atoms with Crippen LogP contribution in [-0.4, -0.2) is 42.6 Å². The van der Waals surface area contributed by atoms with E-state index in [-0.39, 0.29) is 36.4 Å². The van der Waals surface area contributed by atoms with Gasteiger partial charge in [-0.2, -0.15) is 0 Å². The molecule has 0 aliphatic rings. The highest BCUT2D eigenvalue weighted by molar-refractivity contribution is 5.81. The summed E-state index contributed by atoms with van der Waals surface area (Å²) in [5.41, 5.74) is 5.01. The first-order valence-corrected chi connectivity index (χ1v) is 11.6. The van der Waals surface area contributed by atoms with Crippen molar-refractivity contribution >= 4 is 23.9 Å². The zero-order chi connectivity index (χ0) is 27.1. The summed E-state index contributed by atoms with van der Waals surface area (Å²) in [7, 11) is 0. The second-order valence-electron chi connectivity index (χ2n) is 10.9. The molecule has 0 saturated carbocycles. The van der Waals surface area contributed by atoms with E-state index in [0.29, 0.717) is 5.56 Å². The van der Waals surface area contributed by atoms with Gasteiger partial charge < -0.3 is 24.7 Å². The SMILES string of the molecule is CC(C)C(=O)O[C@@H](C)COC(=O)[C@@H](N)Cc1ccc(OC(=O)C(C)(C)C)c(OC(=O)C(C)(C)C)c1. The third-order valence-corrected chi connectivity index (χ3v) is 4.65. The maximum atomic E-state index is 12.5. The molecule has 9 heteroatoms. The van der Waals surface area contributed by atoms with Gasteiger partial charge >= 0.3 is 23.9 Å². The lowest BCUT2D eigenvalue weighted by Crippen LogP contribution is -2.36. The van der Waals surface area contributed by atoms with Crippen LogP contribution in [0.5, 0.6) is 11.5 Å². The summed E-state index contributed by atoms with van der Waals surface area (Å²) in [5, 5.41) is 0. The predicted molar refractivity (Wildman–Crippen MR) is 130 cm³/mol. The molecule has 9 nitrogen and oxygen atoms in total. The second kappa shape index (κ2) is 12.2. The van der Waals surface area contributed by atoms with Gasteiger partial charge in [0.25, 0.3) is 0 Å². The van der Waals surface area contributed by atoms with Crippen molar-refractivity contribution in [3.63, 3.8) is 0 Å². The molecule has 0 spiro atoms. The molecule has 1 aromatic carbocycles. The molecule has 2 N–H and O–H groups in total. The minimum Gasteiger partial charge on any atom is -0.461 e. The fraction of sp³-hybridized carbons (Fsp3) is 0.615. The van der Waals surface area contributed by atoms with Crippen LogP contribution < -0.4 is 15.2 Å². The van der Waals surface area contributed by atoms with Gasteiger partial charge in [0, 0.05) is 0 Å². The molecule has 0 saturated heterocycles. The molecular formula is C26H39NO8. The summed E-state index contributed by atoms with van der Waals surface area (Å²) in [6.45, 7) is 15.1. The average molecular weight is 494 g/mol. The van der Waals surface area contributed by atoms with E-state index >= 15 is 0 Å². The van der Waals surface area contributed by atoms with E-state index in [4.69, 9.17) is 24.7 Å². The molecular weight excluding hydrogens is 454 g/mol. The molecule has 0 aliphatic heterocycles. The van der Waals surface area contributed by atoms with Crippen LogP contribution in [-0.2, 0) is 35.1 Å². The Hall–Kier alpha value is -2.94. The minimum atomic E-state index is -1.02. The van der Waals surface area contributed by atoms with E-state index in [1.807, 2.05) is 0 Å². The number of carbonyl (C=O) groups excluding carboxylic acids is 4. The van der Waals surface area contributed by atoms with E-state index in [9.17, 15) is 19.2 Å². The van der Waals surface area contributed by atoms with Gasteiger partial charge in [-0.25, -0.2) is 0 Å². The highest BCUT2D eigenvalue weighted by atomic mass is 16.6. The molecule has 35 heavy (non-hydrogen) atoms. The quantitative estimate of drug-likeness (QED) is 0.405. The number of ether oxygens (including phenoxy) is 4. The standard InChI is InChI=1S/C26H39NO8/c1-15(2)21(28)33-16(3)14-32-22(29)18(27)12-17-10-11-19(34-23(30)25(4,5)6)20(13-17)35-24(31)26(7,8)9/h10-11,13,15-16,18H,12,14,27H2,1-9H3/t16-,18-/m0/s1. The van der Waals surface area contributed by atoms with Crippen molar-refractivity contribution in [2.24, 2.45) is 22.5 Å². The lowest BCUT2D eigenvalue weighted by atomic mass is 9.97. The van der Waals surface area contributed by atoms with Crippen molar-refractivity contribution in [1.29, 1.82) is 0 Å². The molecule has 0 amide bonds. The molecule has 1 aromatic rings. The van der Waals surface area contributed by atoms with Crippen molar-refractivity contribution in [1.82, 2.24) is 0 Å². The molecule has 0 aromatic heterocycles. The number of nitrogens with two attached hydrogens (primary N) is 1. The third kappa shape index (κ3) is 10.1. The Kier molecular flexibility index (Phi) is 10.4. The fourth-order valence-corrected chi connectivity index (χ4v) is 2.36. The van der Waals surface area contributed by atoms with Crippen LogP contribution in [0.15, 0.2) is 18.2 Å². The first-order valence-electron chi connectivity index (χ1n) is 11.6. The predicted octanol–water partition coefficient (Wildman–Crippen LogP) is 3.59. The van der Waals surface area contributed by atoms with Crippen molar-refractivity contribution in [2.75, 3.05) is 6.61 Å². The monoisotopic (exact) mass is 493 g/mol. The van der Waals surface area contributed by atoms with E-state index in [1.165, 1.54) is 12.1 Å². The highest BCUT2D eigenvalue weighted by Crippen LogP contribution is 2.33. The Morgan fingerprint density at radius 3 is 1.83 bits per heavy atom. The summed E-state index contributed by atoms with van der Waals surface area (Å²) >= 11 is 0. The molecule has 0 fully saturated rings. The number of esters is 4. The molecule has 1 rings (SSSR count). The minimum absolute atomic E-state index is 0.0508. The van der Waals surface area contributed by atoms with E-state index < -0.39 is 40.9 Å². The van der Waals surface area contributed by atoms with Crippen molar-refractivity contribution in [3.05, 3.63) is 23.8 Å². The van der Waals surface area contributed by atoms with Gasteiger partial charge in [0.05, 0.1) is 16.7 Å². The molecule has 0 unspecified atom stereocenters. The Labute approximate surface area is 207 Å². The molecule has 0 aliphatic carbocycles. The summed E-state index contributed by atoms with van der Waals surface area (Å²) in [6.07, 6.45) is -0.534. The fourth-order valence-electron chi connectivity index (χ4n) is 2.36. The topological polar surface area (TPSA) is 131 Å². The summed E-state index contributed by atoms with van der Waals surface area (Å²) < 4.78 is 21.3. The van der Waals surface area contributed by atoms with Crippen LogP contribution in [0.2, 0.25) is 0 Å². The average Bonchev–Trinajstić information content (AvgIpc) is 2.72. The maximum Gasteiger partial charge on any atom is 0.323 e. The Bertz CT molecular complexity index is 924. The van der Waals surface area contributed by atoms with Crippen LogP contribution in [0, 0.1) is 16.7 Å². The van der Waals surface area contributed by atoms with Gasteiger partial charge in [0.2, 0.25) is 0 Å². The Morgan fingerprint density at radius 1 is 0.829 bits per heavy atom. The summed E-state index contributed by atoms with van der Waals surface area (Å²) in [5.74, 6) is -2.22. The Morgan fingerprint density at radius 2 is 1.34 bits per heavy atom.